The minimum atomic E-state index is -0.575. The van der Waals surface area contributed by atoms with Crippen LogP contribution < -0.4 is 10.6 Å². The number of amides is 2. The average molecular weight is 378 g/mol. The Morgan fingerprint density at radius 3 is 2.81 bits per heavy atom. The number of thioether (sulfide) groups is 1. The van der Waals surface area contributed by atoms with E-state index in [9.17, 15) is 9.59 Å². The van der Waals surface area contributed by atoms with E-state index in [1.54, 1.807) is 23.9 Å². The summed E-state index contributed by atoms with van der Waals surface area (Å²) in [5.74, 6) is 0.435. The van der Waals surface area contributed by atoms with Crippen molar-refractivity contribution in [3.8, 4) is 0 Å². The molecule has 2 amide bonds. The van der Waals surface area contributed by atoms with Crippen LogP contribution >= 0.6 is 11.8 Å². The molecule has 2 rings (SSSR count). The van der Waals surface area contributed by atoms with Gasteiger partial charge in [0.05, 0.1) is 12.0 Å². The van der Waals surface area contributed by atoms with Crippen molar-refractivity contribution in [3.63, 3.8) is 0 Å². The second-order valence-electron chi connectivity index (χ2n) is 6.08. The van der Waals surface area contributed by atoms with Gasteiger partial charge in [-0.2, -0.15) is 16.9 Å². The molecule has 0 saturated carbocycles. The lowest BCUT2D eigenvalue weighted by molar-refractivity contribution is -0.123. The number of rotatable bonds is 10. The van der Waals surface area contributed by atoms with Crippen LogP contribution in [-0.2, 0) is 11.3 Å². The van der Waals surface area contributed by atoms with Gasteiger partial charge in [0.1, 0.15) is 6.04 Å². The van der Waals surface area contributed by atoms with Crippen molar-refractivity contribution >= 4 is 23.6 Å². The standard InChI is InChI=1S/C18H26N4O3S/c1-13-12-14(2)22(21-13)9-5-8-19-17(23)15(7-11-26-3)20-18(24)16-6-4-10-25-16/h4,6,10,12,15H,5,7-9,11H2,1-3H3,(H,19,23)(H,20,24)/t15-/m0/s1. The SMILES string of the molecule is CSCC[C@H](NC(=O)c1ccco1)C(=O)NCCCn1nc(C)cc1C. The molecule has 2 aromatic rings. The topological polar surface area (TPSA) is 89.2 Å². The molecule has 142 valence electrons. The Morgan fingerprint density at radius 1 is 1.38 bits per heavy atom. The molecule has 0 saturated heterocycles. The van der Waals surface area contributed by atoms with Gasteiger partial charge in [-0.15, -0.1) is 0 Å². The number of nitrogens with zero attached hydrogens (tertiary/aromatic N) is 2. The van der Waals surface area contributed by atoms with Crippen molar-refractivity contribution in [2.45, 2.75) is 39.3 Å². The molecule has 2 aromatic heterocycles. The summed E-state index contributed by atoms with van der Waals surface area (Å²) in [6, 6.07) is 4.67. The van der Waals surface area contributed by atoms with E-state index in [-0.39, 0.29) is 17.6 Å². The molecule has 2 N–H and O–H groups in total. The fourth-order valence-corrected chi connectivity index (χ4v) is 3.08. The van der Waals surface area contributed by atoms with Crippen LogP contribution in [0.15, 0.2) is 28.9 Å². The van der Waals surface area contributed by atoms with Crippen molar-refractivity contribution in [1.82, 2.24) is 20.4 Å². The third-order valence-electron chi connectivity index (χ3n) is 3.93. The van der Waals surface area contributed by atoms with E-state index in [0.29, 0.717) is 13.0 Å². The number of aromatic nitrogens is 2. The molecule has 0 unspecified atom stereocenters. The van der Waals surface area contributed by atoms with Gasteiger partial charge >= 0.3 is 0 Å². The number of nitrogens with one attached hydrogen (secondary N) is 2. The highest BCUT2D eigenvalue weighted by Crippen LogP contribution is 2.05. The van der Waals surface area contributed by atoms with Crippen LogP contribution in [0.5, 0.6) is 0 Å². The largest absolute Gasteiger partial charge is 0.459 e. The Morgan fingerprint density at radius 2 is 2.19 bits per heavy atom. The Hall–Kier alpha value is -2.22. The molecule has 8 heteroatoms. The number of furan rings is 1. The van der Waals surface area contributed by atoms with E-state index >= 15 is 0 Å². The summed E-state index contributed by atoms with van der Waals surface area (Å²) in [6.45, 7) is 5.25. The highest BCUT2D eigenvalue weighted by Gasteiger charge is 2.21. The molecule has 1 atom stereocenters. The molecule has 0 aliphatic rings. The minimum Gasteiger partial charge on any atom is -0.459 e. The van der Waals surface area contributed by atoms with Gasteiger partial charge in [0.15, 0.2) is 5.76 Å². The fourth-order valence-electron chi connectivity index (χ4n) is 2.61. The molecule has 7 nitrogen and oxygen atoms in total. The lowest BCUT2D eigenvalue weighted by Crippen LogP contribution is -2.47. The van der Waals surface area contributed by atoms with Crippen molar-refractivity contribution in [1.29, 1.82) is 0 Å². The molecule has 0 aliphatic carbocycles. The maximum absolute atomic E-state index is 12.4. The Labute approximate surface area is 157 Å². The molecule has 0 bridgehead atoms. The van der Waals surface area contributed by atoms with Crippen molar-refractivity contribution < 1.29 is 14.0 Å². The second kappa shape index (κ2) is 10.1. The molecule has 2 heterocycles. The van der Waals surface area contributed by atoms with E-state index in [0.717, 1.165) is 30.1 Å². The first-order chi connectivity index (χ1) is 12.5. The first-order valence-electron chi connectivity index (χ1n) is 8.63. The zero-order valence-corrected chi connectivity index (χ0v) is 16.3. The molecular weight excluding hydrogens is 352 g/mol. The third-order valence-corrected chi connectivity index (χ3v) is 4.57. The zero-order valence-electron chi connectivity index (χ0n) is 15.4. The van der Waals surface area contributed by atoms with E-state index in [2.05, 4.69) is 15.7 Å². The summed E-state index contributed by atoms with van der Waals surface area (Å²) in [7, 11) is 0. The summed E-state index contributed by atoms with van der Waals surface area (Å²) in [5.41, 5.74) is 2.10. The summed E-state index contributed by atoms with van der Waals surface area (Å²) >= 11 is 1.64. The van der Waals surface area contributed by atoms with E-state index in [4.69, 9.17) is 4.42 Å². The quantitative estimate of drug-likeness (QED) is 0.619. The first-order valence-corrected chi connectivity index (χ1v) is 10.0. The Kier molecular flexibility index (Phi) is 7.77. The summed E-state index contributed by atoms with van der Waals surface area (Å²) in [5, 5.41) is 10.1. The summed E-state index contributed by atoms with van der Waals surface area (Å²) in [6.07, 6.45) is 4.74. The normalized spacial score (nSPS) is 12.0. The number of carbonyl (C=O) groups is 2. The Bertz CT molecular complexity index is 712. The van der Waals surface area contributed by atoms with Gasteiger partial charge in [-0.1, -0.05) is 0 Å². The maximum Gasteiger partial charge on any atom is 0.287 e. The van der Waals surface area contributed by atoms with Gasteiger partial charge < -0.3 is 15.1 Å². The fraction of sp³-hybridized carbons (Fsp3) is 0.500. The number of carbonyl (C=O) groups excluding carboxylic acids is 2. The highest BCUT2D eigenvalue weighted by molar-refractivity contribution is 7.98. The number of aryl methyl sites for hydroxylation is 3. The second-order valence-corrected chi connectivity index (χ2v) is 7.07. The number of hydrogen-bond donors (Lipinski definition) is 2. The third kappa shape index (κ3) is 5.94. The van der Waals surface area contributed by atoms with Crippen molar-refractivity contribution in [2.24, 2.45) is 0 Å². The molecule has 0 radical (unpaired) electrons. The predicted molar refractivity (Wildman–Crippen MR) is 102 cm³/mol. The summed E-state index contributed by atoms with van der Waals surface area (Å²) < 4.78 is 7.02. The Balaban J connectivity index is 1.81. The van der Waals surface area contributed by atoms with Crippen LogP contribution in [0, 0.1) is 13.8 Å². The zero-order chi connectivity index (χ0) is 18.9. The monoisotopic (exact) mass is 378 g/mol. The molecule has 0 fully saturated rings. The van der Waals surface area contributed by atoms with Gasteiger partial charge in [0.25, 0.3) is 5.91 Å². The van der Waals surface area contributed by atoms with E-state index in [1.165, 1.54) is 6.26 Å². The van der Waals surface area contributed by atoms with Crippen LogP contribution in [0.25, 0.3) is 0 Å². The smallest absolute Gasteiger partial charge is 0.287 e. The van der Waals surface area contributed by atoms with Gasteiger partial charge in [-0.25, -0.2) is 0 Å². The minimum absolute atomic E-state index is 0.174. The highest BCUT2D eigenvalue weighted by atomic mass is 32.2. The molecular formula is C18H26N4O3S. The molecule has 0 aromatic carbocycles. The lowest BCUT2D eigenvalue weighted by atomic mass is 10.2. The van der Waals surface area contributed by atoms with Crippen LogP contribution in [0.3, 0.4) is 0 Å². The first kappa shape index (κ1) is 20.1. The molecule has 26 heavy (non-hydrogen) atoms. The van der Waals surface area contributed by atoms with Gasteiger partial charge in [-0.05, 0) is 56.9 Å². The molecule has 0 aliphatic heterocycles. The van der Waals surface area contributed by atoms with E-state index < -0.39 is 6.04 Å². The van der Waals surface area contributed by atoms with Crippen molar-refractivity contribution in [2.75, 3.05) is 18.6 Å². The van der Waals surface area contributed by atoms with Crippen LogP contribution in [0.1, 0.15) is 34.8 Å². The van der Waals surface area contributed by atoms with Crippen molar-refractivity contribution in [3.05, 3.63) is 41.6 Å². The molecule has 0 spiro atoms. The average Bonchev–Trinajstić information content (AvgIpc) is 3.25. The predicted octanol–water partition coefficient (Wildman–Crippen LogP) is 2.15. The number of hydrogen-bond acceptors (Lipinski definition) is 5. The maximum atomic E-state index is 12.4. The van der Waals surface area contributed by atoms with Crippen LogP contribution in [0.2, 0.25) is 0 Å². The van der Waals surface area contributed by atoms with E-state index in [1.807, 2.05) is 30.9 Å². The summed E-state index contributed by atoms with van der Waals surface area (Å²) in [4.78, 5) is 24.6. The van der Waals surface area contributed by atoms with Crippen LogP contribution in [-0.4, -0.2) is 46.2 Å². The lowest BCUT2D eigenvalue weighted by Gasteiger charge is -2.17. The van der Waals surface area contributed by atoms with Gasteiger partial charge in [0.2, 0.25) is 5.91 Å². The van der Waals surface area contributed by atoms with Gasteiger partial charge in [-0.3, -0.25) is 14.3 Å². The van der Waals surface area contributed by atoms with Crippen LogP contribution in [0.4, 0.5) is 0 Å². The van der Waals surface area contributed by atoms with Gasteiger partial charge in [0, 0.05) is 18.8 Å².